The second kappa shape index (κ2) is 4.20. The number of benzene rings is 1. The molecular formula is C13H16N2O2. The minimum atomic E-state index is -0.769. The van der Waals surface area contributed by atoms with Crippen LogP contribution in [0, 0.1) is 5.41 Å². The van der Waals surface area contributed by atoms with Gasteiger partial charge in [-0.2, -0.15) is 5.10 Å². The van der Waals surface area contributed by atoms with Crippen molar-refractivity contribution in [1.29, 1.82) is 0 Å². The van der Waals surface area contributed by atoms with Gasteiger partial charge in [0.05, 0.1) is 17.1 Å². The first-order valence-corrected chi connectivity index (χ1v) is 5.65. The summed E-state index contributed by atoms with van der Waals surface area (Å²) in [6, 6.07) is 7.93. The number of nitrogens with zero attached hydrogens (tertiary/aromatic N) is 2. The Balaban J connectivity index is 2.17. The Morgan fingerprint density at radius 1 is 1.41 bits per heavy atom. The van der Waals surface area contributed by atoms with E-state index in [1.165, 1.54) is 0 Å². The number of hydrogen-bond donors (Lipinski definition) is 1. The van der Waals surface area contributed by atoms with E-state index in [9.17, 15) is 4.79 Å². The van der Waals surface area contributed by atoms with E-state index in [1.54, 1.807) is 13.8 Å². The van der Waals surface area contributed by atoms with Gasteiger partial charge in [0, 0.05) is 11.9 Å². The van der Waals surface area contributed by atoms with E-state index in [0.29, 0.717) is 13.0 Å². The summed E-state index contributed by atoms with van der Waals surface area (Å²) in [4.78, 5) is 11.0. The standard InChI is InChI=1S/C13H16N2O2/c1-13(2,12(16)17)7-8-15-11-6-4-3-5-10(11)9-14-15/h3-6,9H,7-8H2,1-2H3,(H,16,17). The number of aryl methyl sites for hydroxylation is 1. The first-order valence-electron chi connectivity index (χ1n) is 5.65. The van der Waals surface area contributed by atoms with Crippen molar-refractivity contribution >= 4 is 16.9 Å². The Labute approximate surface area is 99.9 Å². The minimum Gasteiger partial charge on any atom is -0.481 e. The van der Waals surface area contributed by atoms with Crippen molar-refractivity contribution in [3.8, 4) is 0 Å². The predicted octanol–water partition coefficient (Wildman–Crippen LogP) is 2.54. The molecule has 0 amide bonds. The summed E-state index contributed by atoms with van der Waals surface area (Å²) in [6.45, 7) is 4.09. The van der Waals surface area contributed by atoms with E-state index in [-0.39, 0.29) is 0 Å². The minimum absolute atomic E-state index is 0.563. The third-order valence-corrected chi connectivity index (χ3v) is 3.08. The lowest BCUT2D eigenvalue weighted by Crippen LogP contribution is -2.25. The van der Waals surface area contributed by atoms with Gasteiger partial charge in [-0.05, 0) is 26.3 Å². The molecule has 0 bridgehead atoms. The molecule has 1 aromatic heterocycles. The molecule has 0 aliphatic heterocycles. The lowest BCUT2D eigenvalue weighted by Gasteiger charge is -2.18. The fraction of sp³-hybridized carbons (Fsp3) is 0.385. The summed E-state index contributed by atoms with van der Waals surface area (Å²) in [6.07, 6.45) is 2.37. The molecule has 4 nitrogen and oxygen atoms in total. The highest BCUT2D eigenvalue weighted by Gasteiger charge is 2.26. The van der Waals surface area contributed by atoms with E-state index in [2.05, 4.69) is 5.10 Å². The third kappa shape index (κ3) is 2.30. The summed E-state index contributed by atoms with van der Waals surface area (Å²) in [5.41, 5.74) is 0.334. The van der Waals surface area contributed by atoms with E-state index in [1.807, 2.05) is 35.1 Å². The molecule has 1 aromatic carbocycles. The summed E-state index contributed by atoms with van der Waals surface area (Å²) < 4.78 is 1.86. The van der Waals surface area contributed by atoms with Gasteiger partial charge in [-0.3, -0.25) is 9.48 Å². The molecule has 0 atom stereocenters. The topological polar surface area (TPSA) is 55.1 Å². The van der Waals surface area contributed by atoms with Gasteiger partial charge in [0.15, 0.2) is 0 Å². The molecule has 4 heteroatoms. The van der Waals surface area contributed by atoms with Gasteiger partial charge in [-0.25, -0.2) is 0 Å². The normalized spacial score (nSPS) is 11.9. The molecule has 2 aromatic rings. The molecule has 0 unspecified atom stereocenters. The quantitative estimate of drug-likeness (QED) is 0.881. The first-order chi connectivity index (χ1) is 8.00. The van der Waals surface area contributed by atoms with Crippen LogP contribution < -0.4 is 0 Å². The molecule has 0 aliphatic rings. The molecular weight excluding hydrogens is 216 g/mol. The Bertz CT molecular complexity index is 543. The van der Waals surface area contributed by atoms with Gasteiger partial charge in [0.25, 0.3) is 0 Å². The highest BCUT2D eigenvalue weighted by Crippen LogP contribution is 2.22. The summed E-state index contributed by atoms with van der Waals surface area (Å²) in [5.74, 6) is -0.769. The summed E-state index contributed by atoms with van der Waals surface area (Å²) in [7, 11) is 0. The number of hydrogen-bond acceptors (Lipinski definition) is 2. The van der Waals surface area contributed by atoms with E-state index >= 15 is 0 Å². The zero-order chi connectivity index (χ0) is 12.5. The molecule has 0 saturated heterocycles. The molecule has 0 radical (unpaired) electrons. The number of fused-ring (bicyclic) bond motifs is 1. The molecule has 1 N–H and O–H groups in total. The highest BCUT2D eigenvalue weighted by molar-refractivity contribution is 5.78. The molecule has 90 valence electrons. The average molecular weight is 232 g/mol. The van der Waals surface area contributed by atoms with Crippen molar-refractivity contribution in [3.05, 3.63) is 30.5 Å². The number of rotatable bonds is 4. The van der Waals surface area contributed by atoms with E-state index in [4.69, 9.17) is 5.11 Å². The zero-order valence-electron chi connectivity index (χ0n) is 10.1. The highest BCUT2D eigenvalue weighted by atomic mass is 16.4. The number of aliphatic carboxylic acids is 1. The lowest BCUT2D eigenvalue weighted by atomic mass is 9.90. The van der Waals surface area contributed by atoms with Crippen molar-refractivity contribution in [1.82, 2.24) is 9.78 Å². The van der Waals surface area contributed by atoms with E-state index < -0.39 is 11.4 Å². The van der Waals surface area contributed by atoms with Gasteiger partial charge < -0.3 is 5.11 Å². The van der Waals surface area contributed by atoms with Crippen LogP contribution in [0.4, 0.5) is 0 Å². The molecule has 0 aliphatic carbocycles. The predicted molar refractivity (Wildman–Crippen MR) is 65.8 cm³/mol. The Morgan fingerprint density at radius 3 is 2.82 bits per heavy atom. The Morgan fingerprint density at radius 2 is 2.12 bits per heavy atom. The number of carboxylic acids is 1. The van der Waals surface area contributed by atoms with Crippen LogP contribution in [0.15, 0.2) is 30.5 Å². The smallest absolute Gasteiger partial charge is 0.309 e. The van der Waals surface area contributed by atoms with Gasteiger partial charge in [-0.15, -0.1) is 0 Å². The second-order valence-corrected chi connectivity index (χ2v) is 4.87. The fourth-order valence-corrected chi connectivity index (χ4v) is 1.70. The monoisotopic (exact) mass is 232 g/mol. The second-order valence-electron chi connectivity index (χ2n) is 4.87. The van der Waals surface area contributed by atoms with Gasteiger partial charge in [-0.1, -0.05) is 18.2 Å². The van der Waals surface area contributed by atoms with Crippen LogP contribution in [-0.4, -0.2) is 20.9 Å². The largest absolute Gasteiger partial charge is 0.481 e. The van der Waals surface area contributed by atoms with Gasteiger partial charge in [0.2, 0.25) is 0 Å². The van der Waals surface area contributed by atoms with Crippen LogP contribution in [0.1, 0.15) is 20.3 Å². The molecule has 0 spiro atoms. The maximum atomic E-state index is 11.0. The number of carboxylic acid groups (broad SMARTS) is 1. The van der Waals surface area contributed by atoms with Crippen molar-refractivity contribution in [2.75, 3.05) is 0 Å². The fourth-order valence-electron chi connectivity index (χ4n) is 1.70. The molecule has 17 heavy (non-hydrogen) atoms. The maximum Gasteiger partial charge on any atom is 0.309 e. The first kappa shape index (κ1) is 11.6. The third-order valence-electron chi connectivity index (χ3n) is 3.08. The van der Waals surface area contributed by atoms with Crippen molar-refractivity contribution < 1.29 is 9.90 Å². The zero-order valence-corrected chi connectivity index (χ0v) is 10.1. The lowest BCUT2D eigenvalue weighted by molar-refractivity contribution is -0.147. The number of para-hydroxylation sites is 1. The van der Waals surface area contributed by atoms with E-state index in [0.717, 1.165) is 10.9 Å². The van der Waals surface area contributed by atoms with Crippen molar-refractivity contribution in [2.24, 2.45) is 5.41 Å². The molecule has 0 saturated carbocycles. The average Bonchev–Trinajstić information content (AvgIpc) is 2.69. The SMILES string of the molecule is CC(C)(CCn1ncc2ccccc21)C(=O)O. The van der Waals surface area contributed by atoms with Crippen LogP contribution in [0.5, 0.6) is 0 Å². The Kier molecular flexibility index (Phi) is 2.88. The van der Waals surface area contributed by atoms with Crippen LogP contribution in [0.25, 0.3) is 10.9 Å². The summed E-state index contributed by atoms with van der Waals surface area (Å²) >= 11 is 0. The number of aromatic nitrogens is 2. The summed E-state index contributed by atoms with van der Waals surface area (Å²) in [5, 5.41) is 14.4. The Hall–Kier alpha value is -1.84. The molecule has 2 rings (SSSR count). The van der Waals surface area contributed by atoms with Crippen LogP contribution in [-0.2, 0) is 11.3 Å². The maximum absolute atomic E-state index is 11.0. The molecule has 1 heterocycles. The van der Waals surface area contributed by atoms with Crippen LogP contribution >= 0.6 is 0 Å². The van der Waals surface area contributed by atoms with Crippen molar-refractivity contribution in [3.63, 3.8) is 0 Å². The molecule has 0 fully saturated rings. The number of carbonyl (C=O) groups is 1. The van der Waals surface area contributed by atoms with Gasteiger partial charge >= 0.3 is 5.97 Å². The van der Waals surface area contributed by atoms with Crippen molar-refractivity contribution in [2.45, 2.75) is 26.8 Å². The van der Waals surface area contributed by atoms with Crippen LogP contribution in [0.2, 0.25) is 0 Å². The van der Waals surface area contributed by atoms with Crippen LogP contribution in [0.3, 0.4) is 0 Å². The van der Waals surface area contributed by atoms with Gasteiger partial charge in [0.1, 0.15) is 0 Å².